The zero-order valence-electron chi connectivity index (χ0n) is 11.5. The van der Waals surface area contributed by atoms with Gasteiger partial charge in [0.1, 0.15) is 0 Å². The standard InChI is InChI=1S/C17H16BrN3/c18-15-3-1-2-14(10-15)17-11-20-12-21(17)9-8-13-4-6-16(19)7-5-13/h1-7,10-12H,8-9,19H2. The Morgan fingerprint density at radius 2 is 1.90 bits per heavy atom. The van der Waals surface area contributed by atoms with Crippen molar-refractivity contribution in [2.24, 2.45) is 0 Å². The smallest absolute Gasteiger partial charge is 0.0951 e. The second kappa shape index (κ2) is 6.14. The van der Waals surface area contributed by atoms with Crippen LogP contribution in [0.25, 0.3) is 11.3 Å². The van der Waals surface area contributed by atoms with Crippen molar-refractivity contribution in [1.29, 1.82) is 0 Å². The lowest BCUT2D eigenvalue weighted by Crippen LogP contribution is -2.02. The van der Waals surface area contributed by atoms with E-state index >= 15 is 0 Å². The molecule has 21 heavy (non-hydrogen) atoms. The number of imidazole rings is 1. The number of hydrogen-bond acceptors (Lipinski definition) is 2. The molecule has 0 aliphatic carbocycles. The number of aromatic nitrogens is 2. The topological polar surface area (TPSA) is 43.8 Å². The number of rotatable bonds is 4. The number of nitrogens with zero attached hydrogens (tertiary/aromatic N) is 2. The highest BCUT2D eigenvalue weighted by Crippen LogP contribution is 2.23. The lowest BCUT2D eigenvalue weighted by atomic mass is 10.1. The zero-order valence-corrected chi connectivity index (χ0v) is 13.1. The van der Waals surface area contributed by atoms with Crippen molar-refractivity contribution in [3.63, 3.8) is 0 Å². The lowest BCUT2D eigenvalue weighted by molar-refractivity contribution is 0.702. The van der Waals surface area contributed by atoms with Crippen LogP contribution in [0.15, 0.2) is 65.5 Å². The third-order valence-corrected chi connectivity index (χ3v) is 3.95. The van der Waals surface area contributed by atoms with Crippen LogP contribution >= 0.6 is 15.9 Å². The van der Waals surface area contributed by atoms with E-state index in [1.165, 1.54) is 11.1 Å². The fourth-order valence-electron chi connectivity index (χ4n) is 2.32. The molecule has 106 valence electrons. The van der Waals surface area contributed by atoms with E-state index in [9.17, 15) is 0 Å². The molecule has 2 aromatic carbocycles. The quantitative estimate of drug-likeness (QED) is 0.725. The minimum absolute atomic E-state index is 0.802. The largest absolute Gasteiger partial charge is 0.399 e. The molecule has 3 aromatic rings. The molecule has 3 rings (SSSR count). The molecule has 4 heteroatoms. The van der Waals surface area contributed by atoms with Gasteiger partial charge < -0.3 is 10.3 Å². The molecule has 2 N–H and O–H groups in total. The van der Waals surface area contributed by atoms with Gasteiger partial charge in [-0.3, -0.25) is 0 Å². The van der Waals surface area contributed by atoms with E-state index in [-0.39, 0.29) is 0 Å². The van der Waals surface area contributed by atoms with Crippen LogP contribution in [-0.2, 0) is 13.0 Å². The molecule has 0 saturated carbocycles. The summed E-state index contributed by atoms with van der Waals surface area (Å²) in [7, 11) is 0. The number of nitrogens with two attached hydrogens (primary N) is 1. The summed E-state index contributed by atoms with van der Waals surface area (Å²) >= 11 is 3.51. The first-order chi connectivity index (χ1) is 10.2. The Kier molecular flexibility index (Phi) is 4.06. The average Bonchev–Trinajstić information content (AvgIpc) is 2.95. The Bertz CT molecular complexity index is 732. The summed E-state index contributed by atoms with van der Waals surface area (Å²) in [4.78, 5) is 4.28. The maximum absolute atomic E-state index is 5.71. The fraction of sp³-hybridized carbons (Fsp3) is 0.118. The van der Waals surface area contributed by atoms with E-state index in [4.69, 9.17) is 5.73 Å². The van der Waals surface area contributed by atoms with Crippen molar-refractivity contribution in [3.8, 4) is 11.3 Å². The molecule has 1 aromatic heterocycles. The normalized spacial score (nSPS) is 10.7. The molecule has 0 amide bonds. The highest BCUT2D eigenvalue weighted by Gasteiger charge is 2.05. The summed E-state index contributed by atoms with van der Waals surface area (Å²) in [5, 5.41) is 0. The first-order valence-corrected chi connectivity index (χ1v) is 7.62. The molecular formula is C17H16BrN3. The molecule has 0 atom stereocenters. The molecule has 0 radical (unpaired) electrons. The molecule has 0 aliphatic heterocycles. The summed E-state index contributed by atoms with van der Waals surface area (Å²) in [6, 6.07) is 16.3. The third-order valence-electron chi connectivity index (χ3n) is 3.45. The summed E-state index contributed by atoms with van der Waals surface area (Å²) in [5.74, 6) is 0. The molecule has 0 fully saturated rings. The van der Waals surface area contributed by atoms with Gasteiger partial charge in [-0.15, -0.1) is 0 Å². The van der Waals surface area contributed by atoms with E-state index in [1.54, 1.807) is 0 Å². The fourth-order valence-corrected chi connectivity index (χ4v) is 2.72. The second-order valence-corrected chi connectivity index (χ2v) is 5.89. The summed E-state index contributed by atoms with van der Waals surface area (Å²) < 4.78 is 3.25. The number of hydrogen-bond donors (Lipinski definition) is 1. The molecule has 1 heterocycles. The highest BCUT2D eigenvalue weighted by molar-refractivity contribution is 9.10. The Balaban J connectivity index is 1.78. The minimum Gasteiger partial charge on any atom is -0.399 e. The second-order valence-electron chi connectivity index (χ2n) is 4.97. The van der Waals surface area contributed by atoms with Crippen molar-refractivity contribution in [2.45, 2.75) is 13.0 Å². The summed E-state index contributed by atoms with van der Waals surface area (Å²) in [6.45, 7) is 0.895. The molecule has 0 spiro atoms. The number of anilines is 1. The van der Waals surface area contributed by atoms with Gasteiger partial charge in [0.2, 0.25) is 0 Å². The molecule has 0 bridgehead atoms. The van der Waals surface area contributed by atoms with E-state index in [0.717, 1.165) is 28.8 Å². The maximum atomic E-state index is 5.71. The number of aryl methyl sites for hydroxylation is 2. The van der Waals surface area contributed by atoms with Gasteiger partial charge in [-0.25, -0.2) is 4.98 Å². The Morgan fingerprint density at radius 3 is 2.67 bits per heavy atom. The van der Waals surface area contributed by atoms with Crippen LogP contribution in [0.5, 0.6) is 0 Å². The van der Waals surface area contributed by atoms with Crippen LogP contribution in [0.2, 0.25) is 0 Å². The van der Waals surface area contributed by atoms with Gasteiger partial charge in [-0.2, -0.15) is 0 Å². The van der Waals surface area contributed by atoms with Crippen LogP contribution in [0.1, 0.15) is 5.56 Å². The molecule has 3 nitrogen and oxygen atoms in total. The average molecular weight is 342 g/mol. The summed E-state index contributed by atoms with van der Waals surface area (Å²) in [6.07, 6.45) is 4.75. The van der Waals surface area contributed by atoms with Gasteiger partial charge in [0.15, 0.2) is 0 Å². The highest BCUT2D eigenvalue weighted by atomic mass is 79.9. The number of halogens is 1. The predicted octanol–water partition coefficient (Wildman–Crippen LogP) is 4.14. The number of benzene rings is 2. The Hall–Kier alpha value is -2.07. The van der Waals surface area contributed by atoms with Gasteiger partial charge in [-0.05, 0) is 36.2 Å². The van der Waals surface area contributed by atoms with E-state index in [2.05, 4.69) is 49.7 Å². The van der Waals surface area contributed by atoms with Crippen LogP contribution in [0.3, 0.4) is 0 Å². The van der Waals surface area contributed by atoms with Crippen molar-refractivity contribution in [1.82, 2.24) is 9.55 Å². The molecular weight excluding hydrogens is 326 g/mol. The molecule has 0 unspecified atom stereocenters. The van der Waals surface area contributed by atoms with Crippen LogP contribution in [0, 0.1) is 0 Å². The van der Waals surface area contributed by atoms with Crippen molar-refractivity contribution >= 4 is 21.6 Å². The Labute approximate surface area is 132 Å². The third kappa shape index (κ3) is 3.34. The predicted molar refractivity (Wildman–Crippen MR) is 89.9 cm³/mol. The SMILES string of the molecule is Nc1ccc(CCn2cncc2-c2cccc(Br)c2)cc1. The monoisotopic (exact) mass is 341 g/mol. The van der Waals surface area contributed by atoms with Crippen molar-refractivity contribution in [3.05, 3.63) is 71.1 Å². The van der Waals surface area contributed by atoms with Crippen LogP contribution in [-0.4, -0.2) is 9.55 Å². The van der Waals surface area contributed by atoms with Gasteiger partial charge in [-0.1, -0.05) is 40.2 Å². The van der Waals surface area contributed by atoms with Gasteiger partial charge in [0.05, 0.1) is 18.2 Å². The van der Waals surface area contributed by atoms with Crippen LogP contribution < -0.4 is 5.73 Å². The van der Waals surface area contributed by atoms with Gasteiger partial charge in [0, 0.05) is 22.3 Å². The van der Waals surface area contributed by atoms with E-state index < -0.39 is 0 Å². The van der Waals surface area contributed by atoms with Crippen LogP contribution in [0.4, 0.5) is 5.69 Å². The van der Waals surface area contributed by atoms with Crippen molar-refractivity contribution < 1.29 is 0 Å². The molecule has 0 saturated heterocycles. The first kappa shape index (κ1) is 13.9. The van der Waals surface area contributed by atoms with Gasteiger partial charge >= 0.3 is 0 Å². The lowest BCUT2D eigenvalue weighted by Gasteiger charge is -2.09. The van der Waals surface area contributed by atoms with E-state index in [1.807, 2.05) is 36.8 Å². The summed E-state index contributed by atoms with van der Waals surface area (Å²) in [5.41, 5.74) is 10.1. The molecule has 0 aliphatic rings. The first-order valence-electron chi connectivity index (χ1n) is 6.83. The van der Waals surface area contributed by atoms with E-state index in [0.29, 0.717) is 0 Å². The van der Waals surface area contributed by atoms with Crippen molar-refractivity contribution in [2.75, 3.05) is 5.73 Å². The minimum atomic E-state index is 0.802. The number of nitrogen functional groups attached to an aromatic ring is 1. The zero-order chi connectivity index (χ0) is 14.7. The Morgan fingerprint density at radius 1 is 1.10 bits per heavy atom. The van der Waals surface area contributed by atoms with Gasteiger partial charge in [0.25, 0.3) is 0 Å². The maximum Gasteiger partial charge on any atom is 0.0951 e.